The molecule has 2 aromatic heterocycles. The fraction of sp³-hybridized carbons (Fsp3) is 0.355. The number of aliphatic hydroxyl groups excluding tert-OH is 4. The predicted octanol–water partition coefficient (Wildman–Crippen LogP) is -1.64. The summed E-state index contributed by atoms with van der Waals surface area (Å²) >= 11 is 0. The first-order chi connectivity index (χ1) is 29.3. The molecular formula is C31H42N12O16S4. The van der Waals surface area contributed by atoms with E-state index in [2.05, 4.69) is 56.5 Å². The SMILES string of the molecule is CN(CCS(=O)(=O)O)c1nc(NCC(O)CO)nc(Nc2ccc(C=Cc3ccc(Nc4nc(NCCS(=O)(=O)O)nc(NCC(O)CO)n4)cc3S(=O)(=O)O)c(S(=O)(=O)O)c2)n1. The molecule has 0 radical (unpaired) electrons. The Kier molecular flexibility index (Phi) is 16.9. The van der Waals surface area contributed by atoms with E-state index < -0.39 is 87.2 Å². The van der Waals surface area contributed by atoms with Gasteiger partial charge in [-0.05, 0) is 35.4 Å². The zero-order valence-electron chi connectivity index (χ0n) is 32.5. The molecule has 0 aliphatic rings. The largest absolute Gasteiger partial charge is 0.394 e. The number of nitrogens with one attached hydrogen (secondary N) is 5. The Labute approximate surface area is 359 Å². The number of anilines is 8. The van der Waals surface area contributed by atoms with Crippen molar-refractivity contribution in [3.63, 3.8) is 0 Å². The van der Waals surface area contributed by atoms with E-state index in [0.717, 1.165) is 24.3 Å². The number of nitrogens with zero attached hydrogens (tertiary/aromatic N) is 7. The summed E-state index contributed by atoms with van der Waals surface area (Å²) in [4.78, 5) is 24.4. The normalized spacial score (nSPS) is 13.3. The van der Waals surface area contributed by atoms with Crippen molar-refractivity contribution in [1.82, 2.24) is 29.9 Å². The number of hydrogen-bond acceptors (Lipinski definition) is 24. The fourth-order valence-corrected chi connectivity index (χ4v) is 7.12. The summed E-state index contributed by atoms with van der Waals surface area (Å²) < 4.78 is 134. The van der Waals surface area contributed by atoms with Gasteiger partial charge in [-0.2, -0.15) is 63.6 Å². The van der Waals surface area contributed by atoms with Crippen LogP contribution < -0.4 is 31.5 Å². The van der Waals surface area contributed by atoms with Crippen LogP contribution in [0.15, 0.2) is 46.2 Å². The highest BCUT2D eigenvalue weighted by atomic mass is 32.2. The summed E-state index contributed by atoms with van der Waals surface area (Å²) in [7, 11) is -17.4. The molecule has 13 N–H and O–H groups in total. The molecule has 346 valence electrons. The molecule has 0 aliphatic carbocycles. The summed E-state index contributed by atoms with van der Waals surface area (Å²) in [6, 6.07) is 6.95. The molecule has 0 bridgehead atoms. The lowest BCUT2D eigenvalue weighted by Crippen LogP contribution is -2.28. The number of rotatable bonds is 24. The number of aliphatic hydroxyl groups is 4. The van der Waals surface area contributed by atoms with E-state index in [4.69, 9.17) is 19.3 Å². The molecule has 2 unspecified atom stereocenters. The van der Waals surface area contributed by atoms with Crippen LogP contribution >= 0.6 is 0 Å². The molecule has 2 atom stereocenters. The Hall–Kier alpha value is -5.52. The Morgan fingerprint density at radius 1 is 0.587 bits per heavy atom. The molecule has 0 fully saturated rings. The minimum absolute atomic E-state index is 0.0361. The molecule has 32 heteroatoms. The maximum atomic E-state index is 12.6. The summed E-state index contributed by atoms with van der Waals surface area (Å²) in [6.45, 7) is -2.34. The van der Waals surface area contributed by atoms with Crippen LogP contribution in [0.3, 0.4) is 0 Å². The summed E-state index contributed by atoms with van der Waals surface area (Å²) in [5.41, 5.74) is -0.443. The summed E-state index contributed by atoms with van der Waals surface area (Å²) in [5.74, 6) is -2.73. The van der Waals surface area contributed by atoms with Gasteiger partial charge < -0.3 is 51.9 Å². The van der Waals surface area contributed by atoms with Gasteiger partial charge in [-0.1, -0.05) is 24.3 Å². The third kappa shape index (κ3) is 16.6. The van der Waals surface area contributed by atoms with Gasteiger partial charge in [-0.15, -0.1) is 0 Å². The van der Waals surface area contributed by atoms with Gasteiger partial charge in [-0.25, -0.2) is 0 Å². The van der Waals surface area contributed by atoms with Gasteiger partial charge in [-0.3, -0.25) is 18.2 Å². The van der Waals surface area contributed by atoms with Crippen LogP contribution in [0.25, 0.3) is 12.2 Å². The third-order valence-electron chi connectivity index (χ3n) is 7.88. The van der Waals surface area contributed by atoms with E-state index in [9.17, 15) is 53.0 Å². The first-order valence-electron chi connectivity index (χ1n) is 17.7. The molecule has 0 amide bonds. The van der Waals surface area contributed by atoms with Crippen LogP contribution in [-0.2, 0) is 40.5 Å². The van der Waals surface area contributed by atoms with Crippen molar-refractivity contribution < 1.29 is 72.3 Å². The molecule has 2 heterocycles. The topological polar surface area (TPSA) is 439 Å². The van der Waals surface area contributed by atoms with Crippen LogP contribution in [0, 0.1) is 0 Å². The van der Waals surface area contributed by atoms with Gasteiger partial charge in [0.1, 0.15) is 9.79 Å². The molecule has 2 aromatic carbocycles. The van der Waals surface area contributed by atoms with Gasteiger partial charge in [0.15, 0.2) is 0 Å². The van der Waals surface area contributed by atoms with Crippen molar-refractivity contribution in [2.75, 3.05) is 89.4 Å². The van der Waals surface area contributed by atoms with Crippen molar-refractivity contribution >= 4 is 99.7 Å². The van der Waals surface area contributed by atoms with Crippen molar-refractivity contribution in [2.24, 2.45) is 0 Å². The zero-order chi connectivity index (χ0) is 46.8. The molecule has 0 saturated carbocycles. The lowest BCUT2D eigenvalue weighted by molar-refractivity contribution is 0.105. The quantitative estimate of drug-likeness (QED) is 0.0277. The van der Waals surface area contributed by atoms with Gasteiger partial charge in [0.05, 0.1) is 36.9 Å². The van der Waals surface area contributed by atoms with Crippen LogP contribution in [0.1, 0.15) is 11.1 Å². The molecule has 4 rings (SSSR count). The van der Waals surface area contributed by atoms with Gasteiger partial charge >= 0.3 is 0 Å². The fourth-order valence-electron chi connectivity index (χ4n) is 4.84. The Morgan fingerprint density at radius 2 is 0.984 bits per heavy atom. The molecule has 0 saturated heterocycles. The molecule has 63 heavy (non-hydrogen) atoms. The number of benzene rings is 2. The maximum absolute atomic E-state index is 12.6. The van der Waals surface area contributed by atoms with Crippen molar-refractivity contribution in [1.29, 1.82) is 0 Å². The van der Waals surface area contributed by atoms with Gasteiger partial charge in [0.2, 0.25) is 35.7 Å². The molecule has 0 spiro atoms. The second-order valence-electron chi connectivity index (χ2n) is 13.0. The maximum Gasteiger partial charge on any atom is 0.295 e. The Bertz CT molecular complexity index is 2730. The van der Waals surface area contributed by atoms with Gasteiger partial charge in [0.25, 0.3) is 40.5 Å². The van der Waals surface area contributed by atoms with E-state index in [-0.39, 0.29) is 84.4 Å². The predicted molar refractivity (Wildman–Crippen MR) is 225 cm³/mol. The smallest absolute Gasteiger partial charge is 0.295 e. The van der Waals surface area contributed by atoms with E-state index in [1.165, 1.54) is 36.2 Å². The van der Waals surface area contributed by atoms with E-state index in [1.54, 1.807) is 0 Å². The highest BCUT2D eigenvalue weighted by Crippen LogP contribution is 2.28. The Morgan fingerprint density at radius 3 is 1.41 bits per heavy atom. The Balaban J connectivity index is 1.66. The second-order valence-corrected chi connectivity index (χ2v) is 18.9. The van der Waals surface area contributed by atoms with Crippen molar-refractivity contribution in [2.45, 2.75) is 22.0 Å². The number of aromatic nitrogens is 6. The van der Waals surface area contributed by atoms with Crippen LogP contribution in [0.4, 0.5) is 47.1 Å². The molecule has 4 aromatic rings. The standard InChI is InChI=1S/C31H42N12O16S4/c1-43(9-11-61(51,52)53)31-41-28(34-15-23(47)17-45)40-30(42-31)36-21-7-5-19(25(13-21)63(57,58)59)3-2-18-4-6-20(12-24(18)62(54,55)56)35-29-38-26(32-8-10-60(48,49)50)37-27(39-29)33-14-22(46)16-44/h2-7,12-13,22-23,44-47H,8-11,14-17H2,1H3,(H,48,49,50)(H,51,52,53)(H,54,55,56)(H,57,58,59)(H2,34,36,40,41,42)(H3,32,33,35,37,38,39). The van der Waals surface area contributed by atoms with E-state index in [0.29, 0.717) is 0 Å². The van der Waals surface area contributed by atoms with Crippen molar-refractivity contribution in [3.05, 3.63) is 47.5 Å². The minimum Gasteiger partial charge on any atom is -0.394 e. The lowest BCUT2D eigenvalue weighted by atomic mass is 10.1. The van der Waals surface area contributed by atoms with Crippen LogP contribution in [0.2, 0.25) is 0 Å². The zero-order valence-corrected chi connectivity index (χ0v) is 35.8. The number of hydrogen-bond donors (Lipinski definition) is 13. The lowest BCUT2D eigenvalue weighted by Gasteiger charge is -2.18. The highest BCUT2D eigenvalue weighted by Gasteiger charge is 2.20. The average molecular weight is 967 g/mol. The van der Waals surface area contributed by atoms with E-state index in [1.807, 2.05) is 0 Å². The summed E-state index contributed by atoms with van der Waals surface area (Å²) in [6.07, 6.45) is -0.241. The summed E-state index contributed by atoms with van der Waals surface area (Å²) in [5, 5.41) is 51.0. The molecule has 0 aliphatic heterocycles. The van der Waals surface area contributed by atoms with Crippen LogP contribution in [0.5, 0.6) is 0 Å². The van der Waals surface area contributed by atoms with E-state index >= 15 is 0 Å². The monoisotopic (exact) mass is 966 g/mol. The first kappa shape index (κ1) is 50.1. The molecular weight excluding hydrogens is 925 g/mol. The van der Waals surface area contributed by atoms with Gasteiger partial charge in [0, 0.05) is 44.6 Å². The first-order valence-corrected chi connectivity index (χ1v) is 23.8. The third-order valence-corrected chi connectivity index (χ3v) is 11.1. The minimum atomic E-state index is -5.01. The van der Waals surface area contributed by atoms with Crippen LogP contribution in [-0.4, -0.2) is 172 Å². The molecule has 28 nitrogen and oxygen atoms in total. The second kappa shape index (κ2) is 21.2. The highest BCUT2D eigenvalue weighted by molar-refractivity contribution is 7.86. The van der Waals surface area contributed by atoms with Crippen molar-refractivity contribution in [3.8, 4) is 0 Å². The average Bonchev–Trinajstić information content (AvgIpc) is 3.19.